The number of hydrogen-bond donors (Lipinski definition) is 1. The van der Waals surface area contributed by atoms with Gasteiger partial charge in [0.2, 0.25) is 0 Å². The van der Waals surface area contributed by atoms with Crippen molar-refractivity contribution in [2.75, 3.05) is 13.2 Å². The van der Waals surface area contributed by atoms with Crippen LogP contribution in [0.1, 0.15) is 36.2 Å². The quantitative estimate of drug-likeness (QED) is 0.296. The van der Waals surface area contributed by atoms with Gasteiger partial charge in [0.25, 0.3) is 5.91 Å². The molecule has 2 rings (SSSR count). The zero-order valence-corrected chi connectivity index (χ0v) is 18.3. The predicted octanol–water partition coefficient (Wildman–Crippen LogP) is 5.01. The highest BCUT2D eigenvalue weighted by atomic mass is 127. The van der Waals surface area contributed by atoms with Crippen LogP contribution in [0, 0.1) is 3.57 Å². The van der Waals surface area contributed by atoms with E-state index in [0.29, 0.717) is 30.3 Å². The summed E-state index contributed by atoms with van der Waals surface area (Å²) < 4.78 is 13.3. The molecule has 1 amide bonds. The molecule has 0 fully saturated rings. The highest BCUT2D eigenvalue weighted by Crippen LogP contribution is 2.36. The minimum absolute atomic E-state index is 0.260. The lowest BCUT2D eigenvalue weighted by Crippen LogP contribution is -2.17. The van der Waals surface area contributed by atoms with Crippen molar-refractivity contribution < 1.29 is 14.3 Å². The van der Waals surface area contributed by atoms with Crippen molar-refractivity contribution in [2.45, 2.75) is 20.3 Å². The van der Waals surface area contributed by atoms with Crippen LogP contribution in [0.5, 0.6) is 11.5 Å². The zero-order valence-electron chi connectivity index (χ0n) is 14.6. The number of hydrogen-bond acceptors (Lipinski definition) is 4. The Balaban J connectivity index is 2.11. The molecule has 0 bridgehead atoms. The van der Waals surface area contributed by atoms with Crippen LogP contribution >= 0.6 is 38.5 Å². The molecule has 0 aliphatic rings. The first-order valence-corrected chi connectivity index (χ1v) is 10.1. The summed E-state index contributed by atoms with van der Waals surface area (Å²) in [5.41, 5.74) is 3.87. The summed E-state index contributed by atoms with van der Waals surface area (Å²) in [5.74, 6) is 1.05. The van der Waals surface area contributed by atoms with Crippen molar-refractivity contribution in [1.82, 2.24) is 5.43 Å². The van der Waals surface area contributed by atoms with Crippen LogP contribution in [0.15, 0.2) is 46.0 Å². The first-order valence-electron chi connectivity index (χ1n) is 8.23. The Morgan fingerprint density at radius 3 is 2.62 bits per heavy atom. The van der Waals surface area contributed by atoms with Gasteiger partial charge in [0.15, 0.2) is 11.5 Å². The largest absolute Gasteiger partial charge is 0.490 e. The molecule has 0 atom stereocenters. The zero-order chi connectivity index (χ0) is 18.9. The fraction of sp³-hybridized carbons (Fsp3) is 0.263. The first kappa shape index (κ1) is 20.7. The molecule has 0 aliphatic heterocycles. The lowest BCUT2D eigenvalue weighted by Gasteiger charge is -2.14. The summed E-state index contributed by atoms with van der Waals surface area (Å²) in [6.07, 6.45) is 2.48. The fourth-order valence-corrected chi connectivity index (χ4v) is 3.03. The standard InChI is InChI=1S/C19H20BrIN2O3/c1-3-9-26-18-16(20)10-13(11-17(18)25-4-2)12-22-23-19(24)14-5-7-15(21)8-6-14/h5-8,10-12H,3-4,9H2,1-2H3,(H,23,24)/b22-12-. The molecular weight excluding hydrogens is 511 g/mol. The van der Waals surface area contributed by atoms with Crippen LogP contribution < -0.4 is 14.9 Å². The minimum Gasteiger partial charge on any atom is -0.490 e. The van der Waals surface area contributed by atoms with E-state index in [4.69, 9.17) is 9.47 Å². The third kappa shape index (κ3) is 5.98. The highest BCUT2D eigenvalue weighted by Gasteiger charge is 2.11. The van der Waals surface area contributed by atoms with Crippen LogP contribution in [0.25, 0.3) is 0 Å². The summed E-state index contributed by atoms with van der Waals surface area (Å²) in [4.78, 5) is 12.1. The lowest BCUT2D eigenvalue weighted by atomic mass is 10.2. The van der Waals surface area contributed by atoms with E-state index in [1.54, 1.807) is 18.3 Å². The van der Waals surface area contributed by atoms with Crippen molar-refractivity contribution in [1.29, 1.82) is 0 Å². The van der Waals surface area contributed by atoms with Crippen molar-refractivity contribution in [3.63, 3.8) is 0 Å². The molecule has 2 aromatic rings. The monoisotopic (exact) mass is 530 g/mol. The molecule has 7 heteroatoms. The van der Waals surface area contributed by atoms with Gasteiger partial charge in [-0.05, 0) is 93.8 Å². The third-order valence-electron chi connectivity index (χ3n) is 3.27. The van der Waals surface area contributed by atoms with Gasteiger partial charge < -0.3 is 9.47 Å². The number of hydrazone groups is 1. The molecule has 138 valence electrons. The number of nitrogens with zero attached hydrogens (tertiary/aromatic N) is 1. The number of amides is 1. The number of benzene rings is 2. The van der Waals surface area contributed by atoms with E-state index in [1.165, 1.54) is 0 Å². The minimum atomic E-state index is -0.260. The summed E-state index contributed by atoms with van der Waals surface area (Å²) >= 11 is 5.70. The van der Waals surface area contributed by atoms with Gasteiger partial charge in [-0.25, -0.2) is 5.43 Å². The molecular formula is C19H20BrIN2O3. The third-order valence-corrected chi connectivity index (χ3v) is 4.58. The van der Waals surface area contributed by atoms with E-state index in [1.807, 2.05) is 38.1 Å². The maximum atomic E-state index is 12.1. The molecule has 0 spiro atoms. The van der Waals surface area contributed by atoms with Gasteiger partial charge in [0, 0.05) is 9.13 Å². The Bertz CT molecular complexity index is 779. The number of ether oxygens (including phenoxy) is 2. The second-order valence-electron chi connectivity index (χ2n) is 5.32. The van der Waals surface area contributed by atoms with Crippen LogP contribution in [0.4, 0.5) is 0 Å². The lowest BCUT2D eigenvalue weighted by molar-refractivity contribution is 0.0955. The topological polar surface area (TPSA) is 59.9 Å². The molecule has 0 saturated heterocycles. The highest BCUT2D eigenvalue weighted by molar-refractivity contribution is 14.1. The first-order chi connectivity index (χ1) is 12.5. The summed E-state index contributed by atoms with van der Waals surface area (Å²) in [6.45, 7) is 5.10. The Hall–Kier alpha value is -1.61. The van der Waals surface area contributed by atoms with Gasteiger partial charge >= 0.3 is 0 Å². The van der Waals surface area contributed by atoms with Gasteiger partial charge in [-0.3, -0.25) is 4.79 Å². The van der Waals surface area contributed by atoms with E-state index in [2.05, 4.69) is 49.0 Å². The normalized spacial score (nSPS) is 10.8. The molecule has 5 nitrogen and oxygen atoms in total. The molecule has 0 heterocycles. The van der Waals surface area contributed by atoms with E-state index in [-0.39, 0.29) is 5.91 Å². The average Bonchev–Trinajstić information content (AvgIpc) is 2.62. The second kappa shape index (κ2) is 10.5. The van der Waals surface area contributed by atoms with Gasteiger partial charge in [-0.2, -0.15) is 5.10 Å². The van der Waals surface area contributed by atoms with Crippen molar-refractivity contribution in [2.24, 2.45) is 5.10 Å². The van der Waals surface area contributed by atoms with Gasteiger partial charge in [0.1, 0.15) is 0 Å². The van der Waals surface area contributed by atoms with Crippen molar-refractivity contribution in [3.05, 3.63) is 55.6 Å². The number of halogens is 2. The van der Waals surface area contributed by atoms with Crippen LogP contribution in [-0.2, 0) is 0 Å². The van der Waals surface area contributed by atoms with Crippen molar-refractivity contribution >= 4 is 50.6 Å². The second-order valence-corrected chi connectivity index (χ2v) is 7.42. The summed E-state index contributed by atoms with van der Waals surface area (Å²) in [7, 11) is 0. The molecule has 0 unspecified atom stereocenters. The maximum Gasteiger partial charge on any atom is 0.271 e. The molecule has 1 N–H and O–H groups in total. The van der Waals surface area contributed by atoms with E-state index in [0.717, 1.165) is 20.0 Å². The maximum absolute atomic E-state index is 12.1. The van der Waals surface area contributed by atoms with Crippen molar-refractivity contribution in [3.8, 4) is 11.5 Å². The molecule has 2 aromatic carbocycles. The Labute approximate surface area is 175 Å². The van der Waals surface area contributed by atoms with Crippen LogP contribution in [0.2, 0.25) is 0 Å². The number of nitrogens with one attached hydrogen (secondary N) is 1. The average molecular weight is 531 g/mol. The van der Waals surface area contributed by atoms with E-state index >= 15 is 0 Å². The van der Waals surface area contributed by atoms with E-state index in [9.17, 15) is 4.79 Å². The molecule has 0 radical (unpaired) electrons. The smallest absolute Gasteiger partial charge is 0.271 e. The number of carbonyl (C=O) groups is 1. The Morgan fingerprint density at radius 1 is 1.23 bits per heavy atom. The summed E-state index contributed by atoms with van der Waals surface area (Å²) in [5, 5.41) is 4.03. The molecule has 0 aliphatic carbocycles. The molecule has 0 aromatic heterocycles. The molecule has 26 heavy (non-hydrogen) atoms. The number of carbonyl (C=O) groups excluding carboxylic acids is 1. The van der Waals surface area contributed by atoms with Gasteiger partial charge in [-0.15, -0.1) is 0 Å². The predicted molar refractivity (Wildman–Crippen MR) is 115 cm³/mol. The molecule has 0 saturated carbocycles. The van der Waals surface area contributed by atoms with E-state index < -0.39 is 0 Å². The van der Waals surface area contributed by atoms with Crippen LogP contribution in [-0.4, -0.2) is 25.3 Å². The number of rotatable bonds is 8. The summed E-state index contributed by atoms with van der Waals surface area (Å²) in [6, 6.07) is 11.0. The Kier molecular flexibility index (Phi) is 8.37. The Morgan fingerprint density at radius 2 is 1.96 bits per heavy atom. The fourth-order valence-electron chi connectivity index (χ4n) is 2.10. The van der Waals surface area contributed by atoms with Crippen LogP contribution in [0.3, 0.4) is 0 Å². The SMILES string of the molecule is CCCOc1c(Br)cc(/C=N\NC(=O)c2ccc(I)cc2)cc1OCC. The van der Waals surface area contributed by atoms with Gasteiger partial charge in [0.05, 0.1) is 23.9 Å². The van der Waals surface area contributed by atoms with Gasteiger partial charge in [-0.1, -0.05) is 6.92 Å².